The van der Waals surface area contributed by atoms with E-state index < -0.39 is 12.1 Å². The number of carboxylic acids is 1. The number of rotatable bonds is 6. The first-order chi connectivity index (χ1) is 7.59. The fourth-order valence-electron chi connectivity index (χ4n) is 1.61. The molecule has 0 fully saturated rings. The SMILES string of the molecule is O=C(O)CCC=CCCC1=C[C@H](O)CC1=O. The molecule has 0 unspecified atom stereocenters. The van der Waals surface area contributed by atoms with E-state index in [0.717, 1.165) is 0 Å². The first-order valence-corrected chi connectivity index (χ1v) is 5.38. The summed E-state index contributed by atoms with van der Waals surface area (Å²) < 4.78 is 0. The summed E-state index contributed by atoms with van der Waals surface area (Å²) in [5.41, 5.74) is 0.690. The predicted octanol–water partition coefficient (Wildman–Crippen LogP) is 1.45. The Balaban J connectivity index is 2.18. The first-order valence-electron chi connectivity index (χ1n) is 5.38. The number of ketones is 1. The van der Waals surface area contributed by atoms with Crippen LogP contribution in [0.1, 0.15) is 32.1 Å². The largest absolute Gasteiger partial charge is 0.481 e. The summed E-state index contributed by atoms with van der Waals surface area (Å²) in [7, 11) is 0. The highest BCUT2D eigenvalue weighted by Crippen LogP contribution is 2.19. The molecule has 0 heterocycles. The van der Waals surface area contributed by atoms with Crippen molar-refractivity contribution >= 4 is 11.8 Å². The predicted molar refractivity (Wildman–Crippen MR) is 59.0 cm³/mol. The Labute approximate surface area is 94.3 Å². The molecule has 0 saturated carbocycles. The highest BCUT2D eigenvalue weighted by molar-refractivity contribution is 5.98. The molecule has 1 rings (SSSR count). The Hall–Kier alpha value is -1.42. The van der Waals surface area contributed by atoms with Crippen LogP contribution < -0.4 is 0 Å². The van der Waals surface area contributed by atoms with Gasteiger partial charge in [0.2, 0.25) is 0 Å². The van der Waals surface area contributed by atoms with Crippen LogP contribution in [-0.2, 0) is 9.59 Å². The van der Waals surface area contributed by atoms with Crippen molar-refractivity contribution in [3.8, 4) is 0 Å². The number of aliphatic carboxylic acids is 1. The van der Waals surface area contributed by atoms with Gasteiger partial charge in [-0.05, 0) is 30.9 Å². The van der Waals surface area contributed by atoms with Crippen molar-refractivity contribution in [2.24, 2.45) is 0 Å². The third-order valence-electron chi connectivity index (χ3n) is 2.42. The lowest BCUT2D eigenvalue weighted by Crippen LogP contribution is -2.01. The third-order valence-corrected chi connectivity index (χ3v) is 2.42. The number of hydrogen-bond donors (Lipinski definition) is 2. The lowest BCUT2D eigenvalue weighted by atomic mass is 10.1. The molecular weight excluding hydrogens is 208 g/mol. The van der Waals surface area contributed by atoms with Crippen LogP contribution in [0.5, 0.6) is 0 Å². The normalized spacial score (nSPS) is 20.4. The summed E-state index contributed by atoms with van der Waals surface area (Å²) in [5.74, 6) is -0.784. The fourth-order valence-corrected chi connectivity index (χ4v) is 1.61. The minimum absolute atomic E-state index is 0.0198. The first kappa shape index (κ1) is 12.6. The van der Waals surface area contributed by atoms with E-state index >= 15 is 0 Å². The van der Waals surface area contributed by atoms with Gasteiger partial charge in [0, 0.05) is 12.8 Å². The molecule has 16 heavy (non-hydrogen) atoms. The van der Waals surface area contributed by atoms with Gasteiger partial charge in [0.15, 0.2) is 5.78 Å². The molecule has 4 nitrogen and oxygen atoms in total. The van der Waals surface area contributed by atoms with Gasteiger partial charge in [-0.25, -0.2) is 0 Å². The van der Waals surface area contributed by atoms with Gasteiger partial charge >= 0.3 is 5.97 Å². The van der Waals surface area contributed by atoms with Crippen molar-refractivity contribution in [1.82, 2.24) is 0 Å². The smallest absolute Gasteiger partial charge is 0.303 e. The standard InChI is InChI=1S/C12H16O4/c13-10-7-9(11(14)8-10)5-3-1-2-4-6-12(15)16/h1-2,7,10,13H,3-6,8H2,(H,15,16)/t10-/m0/s1. The van der Waals surface area contributed by atoms with Crippen LogP contribution in [0.3, 0.4) is 0 Å². The van der Waals surface area contributed by atoms with E-state index in [2.05, 4.69) is 0 Å². The molecule has 1 aliphatic rings. The zero-order valence-corrected chi connectivity index (χ0v) is 9.06. The molecule has 0 aromatic rings. The summed E-state index contributed by atoms with van der Waals surface area (Å²) in [6.07, 6.45) is 6.88. The second-order valence-electron chi connectivity index (χ2n) is 3.83. The molecule has 1 atom stereocenters. The maximum Gasteiger partial charge on any atom is 0.303 e. The van der Waals surface area contributed by atoms with Crippen molar-refractivity contribution in [2.75, 3.05) is 0 Å². The number of allylic oxidation sites excluding steroid dienone is 3. The molecule has 0 radical (unpaired) electrons. The van der Waals surface area contributed by atoms with Crippen molar-refractivity contribution < 1.29 is 19.8 Å². The Morgan fingerprint density at radius 1 is 1.44 bits per heavy atom. The van der Waals surface area contributed by atoms with Gasteiger partial charge in [0.25, 0.3) is 0 Å². The minimum Gasteiger partial charge on any atom is -0.481 e. The van der Waals surface area contributed by atoms with Crippen molar-refractivity contribution in [1.29, 1.82) is 0 Å². The minimum atomic E-state index is -0.804. The van der Waals surface area contributed by atoms with Gasteiger partial charge in [-0.3, -0.25) is 9.59 Å². The molecule has 0 aliphatic heterocycles. The zero-order chi connectivity index (χ0) is 12.0. The van der Waals surface area contributed by atoms with Crippen molar-refractivity contribution in [3.05, 3.63) is 23.8 Å². The molecule has 0 bridgehead atoms. The van der Waals surface area contributed by atoms with E-state index in [1.165, 1.54) is 0 Å². The molecule has 88 valence electrons. The zero-order valence-electron chi connectivity index (χ0n) is 9.06. The van der Waals surface area contributed by atoms with E-state index in [9.17, 15) is 14.7 Å². The molecule has 2 N–H and O–H groups in total. The summed E-state index contributed by atoms with van der Waals surface area (Å²) >= 11 is 0. The van der Waals surface area contributed by atoms with Crippen LogP contribution in [0.4, 0.5) is 0 Å². The fraction of sp³-hybridized carbons (Fsp3) is 0.500. The van der Waals surface area contributed by atoms with E-state index in [-0.39, 0.29) is 18.6 Å². The number of aliphatic hydroxyl groups is 1. The van der Waals surface area contributed by atoms with Crippen LogP contribution in [0.15, 0.2) is 23.8 Å². The van der Waals surface area contributed by atoms with Crippen molar-refractivity contribution in [2.45, 2.75) is 38.2 Å². The van der Waals surface area contributed by atoms with E-state index in [0.29, 0.717) is 24.8 Å². The van der Waals surface area contributed by atoms with E-state index in [4.69, 9.17) is 5.11 Å². The summed E-state index contributed by atoms with van der Waals surface area (Å²) in [6.45, 7) is 0. The Kier molecular flexibility index (Phi) is 4.92. The third kappa shape index (κ3) is 4.40. The summed E-state index contributed by atoms with van der Waals surface area (Å²) in [4.78, 5) is 21.5. The molecule has 4 heteroatoms. The Morgan fingerprint density at radius 3 is 2.69 bits per heavy atom. The van der Waals surface area contributed by atoms with E-state index in [1.807, 2.05) is 12.2 Å². The average Bonchev–Trinajstić information content (AvgIpc) is 2.50. The molecule has 0 spiro atoms. The van der Waals surface area contributed by atoms with Crippen LogP contribution in [-0.4, -0.2) is 28.1 Å². The van der Waals surface area contributed by atoms with Crippen molar-refractivity contribution in [3.63, 3.8) is 0 Å². The maximum atomic E-state index is 11.3. The number of carbonyl (C=O) groups is 2. The van der Waals surface area contributed by atoms with Crippen LogP contribution >= 0.6 is 0 Å². The highest BCUT2D eigenvalue weighted by Gasteiger charge is 2.20. The molecular formula is C12H16O4. The Morgan fingerprint density at radius 2 is 2.12 bits per heavy atom. The van der Waals surface area contributed by atoms with Gasteiger partial charge in [-0.1, -0.05) is 12.2 Å². The van der Waals surface area contributed by atoms with Gasteiger partial charge in [0.1, 0.15) is 0 Å². The molecule has 0 aromatic carbocycles. The second-order valence-corrected chi connectivity index (χ2v) is 3.83. The van der Waals surface area contributed by atoms with E-state index in [1.54, 1.807) is 6.08 Å². The second kappa shape index (κ2) is 6.23. The average molecular weight is 224 g/mol. The summed E-state index contributed by atoms with van der Waals surface area (Å²) in [6, 6.07) is 0. The monoisotopic (exact) mass is 224 g/mol. The maximum absolute atomic E-state index is 11.3. The molecule has 0 saturated heterocycles. The molecule has 1 aliphatic carbocycles. The summed E-state index contributed by atoms with van der Waals surface area (Å²) in [5, 5.41) is 17.6. The highest BCUT2D eigenvalue weighted by atomic mass is 16.4. The number of hydrogen-bond acceptors (Lipinski definition) is 3. The lowest BCUT2D eigenvalue weighted by Gasteiger charge is -1.95. The van der Waals surface area contributed by atoms with Gasteiger partial charge in [0.05, 0.1) is 6.10 Å². The van der Waals surface area contributed by atoms with Crippen LogP contribution in [0.25, 0.3) is 0 Å². The molecule has 0 amide bonds. The number of carbonyl (C=O) groups excluding carboxylic acids is 1. The van der Waals surface area contributed by atoms with Crippen LogP contribution in [0, 0.1) is 0 Å². The van der Waals surface area contributed by atoms with Gasteiger partial charge < -0.3 is 10.2 Å². The number of Topliss-reactive ketones (excluding diaryl/α,β-unsaturated/α-hetero) is 1. The number of aliphatic hydroxyl groups excluding tert-OH is 1. The molecule has 0 aromatic heterocycles. The lowest BCUT2D eigenvalue weighted by molar-refractivity contribution is -0.136. The number of carboxylic acid groups (broad SMARTS) is 1. The topological polar surface area (TPSA) is 74.6 Å². The van der Waals surface area contributed by atoms with Crippen LogP contribution in [0.2, 0.25) is 0 Å². The Bertz CT molecular complexity index is 328. The quantitative estimate of drug-likeness (QED) is 0.669. The van der Waals surface area contributed by atoms with Gasteiger partial charge in [-0.2, -0.15) is 0 Å². The van der Waals surface area contributed by atoms with Gasteiger partial charge in [-0.15, -0.1) is 0 Å².